The summed E-state index contributed by atoms with van der Waals surface area (Å²) in [7, 11) is 0. The van der Waals surface area contributed by atoms with E-state index in [9.17, 15) is 9.90 Å². The van der Waals surface area contributed by atoms with Crippen LogP contribution in [0.3, 0.4) is 0 Å². The molecular formula is C19H21BrN2O3. The second-order valence-electron chi connectivity index (χ2n) is 5.93. The molecule has 1 unspecified atom stereocenters. The number of rotatable bonds is 5. The summed E-state index contributed by atoms with van der Waals surface area (Å²) in [6.45, 7) is 3.41. The van der Waals surface area contributed by atoms with Crippen molar-refractivity contribution in [3.05, 3.63) is 64.1 Å². The molecule has 2 aromatic carbocycles. The molecule has 6 heteroatoms. The zero-order valence-corrected chi connectivity index (χ0v) is 15.4. The van der Waals surface area contributed by atoms with Crippen LogP contribution in [0.15, 0.2) is 53.0 Å². The molecule has 2 N–H and O–H groups in total. The van der Waals surface area contributed by atoms with E-state index in [0.717, 1.165) is 42.0 Å². The quantitative estimate of drug-likeness (QED) is 0.803. The van der Waals surface area contributed by atoms with Gasteiger partial charge in [-0.25, -0.2) is 0 Å². The SMILES string of the molecule is O=C(NCC(O)c1ccc(N2CCOCC2)cc1)c1cccc(Br)c1. The molecule has 1 aliphatic heterocycles. The molecule has 2 aromatic rings. The second kappa shape index (κ2) is 8.47. The lowest BCUT2D eigenvalue weighted by atomic mass is 10.1. The van der Waals surface area contributed by atoms with Crippen LogP contribution in [-0.2, 0) is 4.74 Å². The van der Waals surface area contributed by atoms with Crippen LogP contribution in [0.1, 0.15) is 22.0 Å². The molecule has 3 rings (SSSR count). The number of halogens is 1. The standard InChI is InChI=1S/C19H21BrN2O3/c20-16-3-1-2-15(12-16)19(24)21-13-18(23)14-4-6-17(7-5-14)22-8-10-25-11-9-22/h1-7,12,18,23H,8-11,13H2,(H,21,24). The first-order valence-corrected chi connectivity index (χ1v) is 9.07. The molecule has 0 spiro atoms. The third-order valence-corrected chi connectivity index (χ3v) is 4.69. The number of nitrogens with one attached hydrogen (secondary N) is 1. The van der Waals surface area contributed by atoms with Crippen molar-refractivity contribution in [1.29, 1.82) is 0 Å². The van der Waals surface area contributed by atoms with Gasteiger partial charge in [0.2, 0.25) is 0 Å². The molecule has 25 heavy (non-hydrogen) atoms. The van der Waals surface area contributed by atoms with Crippen LogP contribution in [-0.4, -0.2) is 43.9 Å². The molecule has 1 atom stereocenters. The fourth-order valence-electron chi connectivity index (χ4n) is 2.77. The molecule has 5 nitrogen and oxygen atoms in total. The minimum atomic E-state index is -0.741. The summed E-state index contributed by atoms with van der Waals surface area (Å²) in [5, 5.41) is 13.1. The molecule has 1 heterocycles. The predicted molar refractivity (Wildman–Crippen MR) is 101 cm³/mol. The van der Waals surface area contributed by atoms with Crippen molar-refractivity contribution < 1.29 is 14.6 Å². The van der Waals surface area contributed by atoms with Gasteiger partial charge in [-0.1, -0.05) is 34.1 Å². The first kappa shape index (κ1) is 17.9. The lowest BCUT2D eigenvalue weighted by Gasteiger charge is -2.29. The highest BCUT2D eigenvalue weighted by molar-refractivity contribution is 9.10. The molecule has 0 radical (unpaired) electrons. The van der Waals surface area contributed by atoms with E-state index in [0.29, 0.717) is 5.56 Å². The van der Waals surface area contributed by atoms with Gasteiger partial charge in [-0.15, -0.1) is 0 Å². The number of carbonyl (C=O) groups excluding carboxylic acids is 1. The summed E-state index contributed by atoms with van der Waals surface area (Å²) < 4.78 is 6.20. The molecular weight excluding hydrogens is 384 g/mol. The highest BCUT2D eigenvalue weighted by Gasteiger charge is 2.14. The first-order chi connectivity index (χ1) is 12.1. The van der Waals surface area contributed by atoms with E-state index in [1.54, 1.807) is 18.2 Å². The van der Waals surface area contributed by atoms with Crippen molar-refractivity contribution >= 4 is 27.5 Å². The van der Waals surface area contributed by atoms with Crippen molar-refractivity contribution in [2.75, 3.05) is 37.7 Å². The minimum Gasteiger partial charge on any atom is -0.387 e. The van der Waals surface area contributed by atoms with Crippen molar-refractivity contribution in [3.8, 4) is 0 Å². The highest BCUT2D eigenvalue weighted by atomic mass is 79.9. The van der Waals surface area contributed by atoms with Crippen molar-refractivity contribution in [3.63, 3.8) is 0 Å². The second-order valence-corrected chi connectivity index (χ2v) is 6.84. The van der Waals surface area contributed by atoms with Crippen molar-refractivity contribution in [2.24, 2.45) is 0 Å². The molecule has 1 aliphatic rings. The number of hydrogen-bond donors (Lipinski definition) is 2. The van der Waals surface area contributed by atoms with Gasteiger partial charge >= 0.3 is 0 Å². The Morgan fingerprint density at radius 2 is 1.92 bits per heavy atom. The topological polar surface area (TPSA) is 61.8 Å². The Morgan fingerprint density at radius 1 is 1.20 bits per heavy atom. The van der Waals surface area contributed by atoms with E-state index >= 15 is 0 Å². The smallest absolute Gasteiger partial charge is 0.251 e. The Morgan fingerprint density at radius 3 is 2.60 bits per heavy atom. The zero-order chi connectivity index (χ0) is 17.6. The van der Waals surface area contributed by atoms with Crippen LogP contribution < -0.4 is 10.2 Å². The Labute approximate surface area is 155 Å². The van der Waals surface area contributed by atoms with Crippen molar-refractivity contribution in [1.82, 2.24) is 5.32 Å². The number of amides is 1. The first-order valence-electron chi connectivity index (χ1n) is 8.28. The van der Waals surface area contributed by atoms with E-state index < -0.39 is 6.10 Å². The van der Waals surface area contributed by atoms with Crippen LogP contribution in [0.4, 0.5) is 5.69 Å². The van der Waals surface area contributed by atoms with Gasteiger partial charge in [0.05, 0.1) is 19.3 Å². The largest absolute Gasteiger partial charge is 0.387 e. The molecule has 0 saturated carbocycles. The van der Waals surface area contributed by atoms with Gasteiger partial charge in [0.1, 0.15) is 0 Å². The van der Waals surface area contributed by atoms with Gasteiger partial charge < -0.3 is 20.1 Å². The number of aliphatic hydroxyl groups excluding tert-OH is 1. The lowest BCUT2D eigenvalue weighted by Crippen LogP contribution is -2.36. The van der Waals surface area contributed by atoms with Gasteiger partial charge in [-0.05, 0) is 35.9 Å². The molecule has 0 aliphatic carbocycles. The Hall–Kier alpha value is -1.89. The summed E-state index contributed by atoms with van der Waals surface area (Å²) in [4.78, 5) is 14.4. The third-order valence-electron chi connectivity index (χ3n) is 4.20. The highest BCUT2D eigenvalue weighted by Crippen LogP contribution is 2.20. The van der Waals surface area contributed by atoms with Gasteiger partial charge in [0.15, 0.2) is 0 Å². The number of ether oxygens (including phenoxy) is 1. The van der Waals surface area contributed by atoms with E-state index in [1.807, 2.05) is 30.3 Å². The predicted octanol–water partition coefficient (Wildman–Crippen LogP) is 2.75. The van der Waals surface area contributed by atoms with Gasteiger partial charge in [-0.3, -0.25) is 4.79 Å². The molecule has 1 amide bonds. The summed E-state index contributed by atoms with van der Waals surface area (Å²) >= 11 is 3.35. The van der Waals surface area contributed by atoms with Crippen LogP contribution in [0.25, 0.3) is 0 Å². The molecule has 0 aromatic heterocycles. The number of aliphatic hydroxyl groups is 1. The maximum atomic E-state index is 12.1. The lowest BCUT2D eigenvalue weighted by molar-refractivity contribution is 0.0916. The summed E-state index contributed by atoms with van der Waals surface area (Å²) in [5.74, 6) is -0.203. The Kier molecular flexibility index (Phi) is 6.07. The van der Waals surface area contributed by atoms with Crippen LogP contribution in [0.5, 0.6) is 0 Å². The third kappa shape index (κ3) is 4.81. The van der Waals surface area contributed by atoms with Crippen LogP contribution >= 0.6 is 15.9 Å². The summed E-state index contributed by atoms with van der Waals surface area (Å²) in [6.07, 6.45) is -0.741. The number of carbonyl (C=O) groups is 1. The fourth-order valence-corrected chi connectivity index (χ4v) is 3.17. The van der Waals surface area contributed by atoms with Crippen molar-refractivity contribution in [2.45, 2.75) is 6.10 Å². The van der Waals surface area contributed by atoms with Crippen LogP contribution in [0, 0.1) is 0 Å². The normalized spacial score (nSPS) is 15.7. The van der Waals surface area contributed by atoms with Gasteiger partial charge in [0.25, 0.3) is 5.91 Å². The molecule has 1 fully saturated rings. The van der Waals surface area contributed by atoms with Gasteiger partial charge in [0, 0.05) is 35.4 Å². The summed E-state index contributed by atoms with van der Waals surface area (Å²) in [5.41, 5.74) is 2.47. The zero-order valence-electron chi connectivity index (χ0n) is 13.8. The minimum absolute atomic E-state index is 0.169. The number of nitrogens with zero attached hydrogens (tertiary/aromatic N) is 1. The maximum absolute atomic E-state index is 12.1. The van der Waals surface area contributed by atoms with Crippen LogP contribution in [0.2, 0.25) is 0 Å². The molecule has 1 saturated heterocycles. The average Bonchev–Trinajstić information content (AvgIpc) is 2.66. The van der Waals surface area contributed by atoms with E-state index in [2.05, 4.69) is 26.1 Å². The van der Waals surface area contributed by atoms with Gasteiger partial charge in [-0.2, -0.15) is 0 Å². The maximum Gasteiger partial charge on any atom is 0.251 e. The van der Waals surface area contributed by atoms with E-state index in [4.69, 9.17) is 4.74 Å². The summed E-state index contributed by atoms with van der Waals surface area (Å²) in [6, 6.07) is 15.0. The Balaban J connectivity index is 1.55. The Bertz CT molecular complexity index is 715. The monoisotopic (exact) mass is 404 g/mol. The average molecular weight is 405 g/mol. The van der Waals surface area contributed by atoms with E-state index in [-0.39, 0.29) is 12.5 Å². The van der Waals surface area contributed by atoms with E-state index in [1.165, 1.54) is 0 Å². The fraction of sp³-hybridized carbons (Fsp3) is 0.316. The number of anilines is 1. The molecule has 0 bridgehead atoms. The number of benzene rings is 2. The molecule has 132 valence electrons. The number of hydrogen-bond acceptors (Lipinski definition) is 4. The number of morpholine rings is 1.